The Labute approximate surface area is 116 Å². The molecule has 0 atom stereocenters. The van der Waals surface area contributed by atoms with Gasteiger partial charge in [-0.05, 0) is 30.3 Å². The van der Waals surface area contributed by atoms with Gasteiger partial charge in [-0.3, -0.25) is 4.79 Å². The topological polar surface area (TPSA) is 57.8 Å². The normalized spacial score (nSPS) is 16.4. The average molecular weight is 277 g/mol. The predicted molar refractivity (Wildman–Crippen MR) is 78.5 cm³/mol. The molecule has 2 heterocycles. The highest BCUT2D eigenvalue weighted by molar-refractivity contribution is 7.17. The highest BCUT2D eigenvalue weighted by Crippen LogP contribution is 2.26. The first-order chi connectivity index (χ1) is 9.33. The third kappa shape index (κ3) is 3.04. The summed E-state index contributed by atoms with van der Waals surface area (Å²) in [4.78, 5) is 19.1. The maximum Gasteiger partial charge on any atom is 0.268 e. The molecule has 4 nitrogen and oxygen atoms in total. The molecule has 2 N–H and O–H groups in total. The summed E-state index contributed by atoms with van der Waals surface area (Å²) in [6.45, 7) is 1.66. The van der Waals surface area contributed by atoms with Crippen molar-refractivity contribution in [2.24, 2.45) is 5.92 Å². The minimum absolute atomic E-state index is 0.0207. The van der Waals surface area contributed by atoms with Gasteiger partial charge in [-0.2, -0.15) is 0 Å². The quantitative estimate of drug-likeness (QED) is 0.826. The molecular formula is C14H19N3OS. The number of hydrogen-bond acceptors (Lipinski definition) is 4. The van der Waals surface area contributed by atoms with Gasteiger partial charge in [0.1, 0.15) is 10.5 Å². The van der Waals surface area contributed by atoms with Gasteiger partial charge >= 0.3 is 0 Å². The van der Waals surface area contributed by atoms with Crippen LogP contribution < -0.4 is 10.9 Å². The summed E-state index contributed by atoms with van der Waals surface area (Å²) in [6.07, 6.45) is 6.81. The molecule has 1 fully saturated rings. The molecule has 0 amide bonds. The van der Waals surface area contributed by atoms with Gasteiger partial charge in [0, 0.05) is 0 Å². The Bertz CT molecular complexity index is 598. The number of fused-ring (bicyclic) bond motifs is 1. The standard InChI is InChI=1S/C14H19N3OS/c18-14-13-11(6-8-19-13)16-12(17-14)9-15-7-5-10-3-1-2-4-10/h6,8,10,15H,1-5,7,9H2,(H,16,17,18). The van der Waals surface area contributed by atoms with Crippen LogP contribution in [0, 0.1) is 5.92 Å². The number of H-pyrrole nitrogens is 1. The first kappa shape index (κ1) is 12.8. The summed E-state index contributed by atoms with van der Waals surface area (Å²) in [5, 5.41) is 5.29. The summed E-state index contributed by atoms with van der Waals surface area (Å²) < 4.78 is 0.717. The van der Waals surface area contributed by atoms with E-state index in [1.807, 2.05) is 11.4 Å². The Kier molecular flexibility index (Phi) is 3.94. The van der Waals surface area contributed by atoms with E-state index in [4.69, 9.17) is 0 Å². The Morgan fingerprint density at radius 1 is 1.42 bits per heavy atom. The molecule has 0 aliphatic heterocycles. The SMILES string of the molecule is O=c1[nH]c(CNCCC2CCCC2)nc2ccsc12. The molecule has 1 aliphatic carbocycles. The van der Waals surface area contributed by atoms with Crippen LogP contribution in [0.1, 0.15) is 37.9 Å². The number of rotatable bonds is 5. The van der Waals surface area contributed by atoms with Gasteiger partial charge in [-0.25, -0.2) is 4.98 Å². The second kappa shape index (κ2) is 5.84. The number of aromatic nitrogens is 2. The van der Waals surface area contributed by atoms with Crippen molar-refractivity contribution >= 4 is 21.6 Å². The van der Waals surface area contributed by atoms with Crippen molar-refractivity contribution in [1.29, 1.82) is 0 Å². The van der Waals surface area contributed by atoms with E-state index in [-0.39, 0.29) is 5.56 Å². The first-order valence-electron chi connectivity index (χ1n) is 7.00. The Hall–Kier alpha value is -1.20. The molecule has 0 spiro atoms. The average Bonchev–Trinajstić information content (AvgIpc) is 3.05. The van der Waals surface area contributed by atoms with Crippen LogP contribution >= 0.6 is 11.3 Å². The molecule has 1 aliphatic rings. The van der Waals surface area contributed by atoms with Gasteiger partial charge in [-0.1, -0.05) is 25.7 Å². The molecule has 0 unspecified atom stereocenters. The molecule has 5 heteroatoms. The van der Waals surface area contributed by atoms with Gasteiger partial charge in [0.2, 0.25) is 0 Å². The van der Waals surface area contributed by atoms with Crippen molar-refractivity contribution in [3.8, 4) is 0 Å². The van der Waals surface area contributed by atoms with E-state index in [1.54, 1.807) is 0 Å². The van der Waals surface area contributed by atoms with Crippen molar-refractivity contribution in [1.82, 2.24) is 15.3 Å². The van der Waals surface area contributed by atoms with Crippen molar-refractivity contribution in [2.45, 2.75) is 38.6 Å². The minimum Gasteiger partial charge on any atom is -0.310 e. The van der Waals surface area contributed by atoms with Crippen LogP contribution in [0.4, 0.5) is 0 Å². The van der Waals surface area contributed by atoms with Gasteiger partial charge in [-0.15, -0.1) is 11.3 Å². The summed E-state index contributed by atoms with van der Waals surface area (Å²) >= 11 is 1.44. The van der Waals surface area contributed by atoms with E-state index in [0.29, 0.717) is 6.54 Å². The lowest BCUT2D eigenvalue weighted by Gasteiger charge is -2.09. The third-order valence-electron chi connectivity index (χ3n) is 3.86. The van der Waals surface area contributed by atoms with E-state index in [2.05, 4.69) is 15.3 Å². The third-order valence-corrected chi connectivity index (χ3v) is 4.76. The molecule has 3 rings (SSSR count). The van der Waals surface area contributed by atoms with Gasteiger partial charge < -0.3 is 10.3 Å². The number of nitrogens with one attached hydrogen (secondary N) is 2. The molecule has 0 radical (unpaired) electrons. The van der Waals surface area contributed by atoms with Crippen LogP contribution in [0.15, 0.2) is 16.2 Å². The van der Waals surface area contributed by atoms with Crippen molar-refractivity contribution in [3.05, 3.63) is 27.6 Å². The predicted octanol–water partition coefficient (Wildman–Crippen LogP) is 2.65. The molecule has 1 saturated carbocycles. The number of thiophene rings is 1. The lowest BCUT2D eigenvalue weighted by Crippen LogP contribution is -2.21. The monoisotopic (exact) mass is 277 g/mol. The van der Waals surface area contributed by atoms with Crippen molar-refractivity contribution in [2.75, 3.05) is 6.54 Å². The van der Waals surface area contributed by atoms with Gasteiger partial charge in [0.25, 0.3) is 5.56 Å². The molecule has 0 saturated heterocycles. The second-order valence-electron chi connectivity index (χ2n) is 5.26. The van der Waals surface area contributed by atoms with Crippen molar-refractivity contribution in [3.63, 3.8) is 0 Å². The first-order valence-corrected chi connectivity index (χ1v) is 7.88. The smallest absolute Gasteiger partial charge is 0.268 e. The zero-order chi connectivity index (χ0) is 13.1. The molecule has 0 aromatic carbocycles. The Balaban J connectivity index is 1.54. The number of nitrogens with zero attached hydrogens (tertiary/aromatic N) is 1. The van der Waals surface area contributed by atoms with Crippen LogP contribution in [0.25, 0.3) is 10.2 Å². The van der Waals surface area contributed by atoms with Gasteiger partial charge in [0.15, 0.2) is 0 Å². The number of hydrogen-bond donors (Lipinski definition) is 2. The summed E-state index contributed by atoms with van der Waals surface area (Å²) in [6, 6.07) is 1.90. The maximum absolute atomic E-state index is 11.8. The Morgan fingerprint density at radius 3 is 3.11 bits per heavy atom. The van der Waals surface area contributed by atoms with E-state index in [0.717, 1.165) is 28.5 Å². The zero-order valence-electron chi connectivity index (χ0n) is 10.9. The molecular weight excluding hydrogens is 258 g/mol. The Morgan fingerprint density at radius 2 is 2.26 bits per heavy atom. The van der Waals surface area contributed by atoms with Crippen LogP contribution in [0.2, 0.25) is 0 Å². The van der Waals surface area contributed by atoms with Crippen LogP contribution in [-0.4, -0.2) is 16.5 Å². The summed E-state index contributed by atoms with van der Waals surface area (Å²) in [5.74, 6) is 1.64. The van der Waals surface area contributed by atoms with E-state index >= 15 is 0 Å². The van der Waals surface area contributed by atoms with E-state index < -0.39 is 0 Å². The maximum atomic E-state index is 11.8. The van der Waals surface area contributed by atoms with Crippen LogP contribution in [0.5, 0.6) is 0 Å². The fourth-order valence-corrected chi connectivity index (χ4v) is 3.54. The highest BCUT2D eigenvalue weighted by atomic mass is 32.1. The van der Waals surface area contributed by atoms with Crippen LogP contribution in [-0.2, 0) is 6.54 Å². The van der Waals surface area contributed by atoms with Crippen LogP contribution in [0.3, 0.4) is 0 Å². The summed E-state index contributed by atoms with van der Waals surface area (Å²) in [5.41, 5.74) is 0.786. The fraction of sp³-hybridized carbons (Fsp3) is 0.571. The fourth-order valence-electron chi connectivity index (χ4n) is 2.82. The minimum atomic E-state index is -0.0207. The lowest BCUT2D eigenvalue weighted by molar-refractivity contribution is 0.474. The molecule has 102 valence electrons. The van der Waals surface area contributed by atoms with Crippen molar-refractivity contribution < 1.29 is 0 Å². The van der Waals surface area contributed by atoms with Gasteiger partial charge in [0.05, 0.1) is 12.1 Å². The summed E-state index contributed by atoms with van der Waals surface area (Å²) in [7, 11) is 0. The van der Waals surface area contributed by atoms with E-state index in [1.165, 1.54) is 43.4 Å². The molecule has 2 aromatic rings. The molecule has 2 aromatic heterocycles. The van der Waals surface area contributed by atoms with E-state index in [9.17, 15) is 4.79 Å². The second-order valence-corrected chi connectivity index (χ2v) is 6.18. The molecule has 19 heavy (non-hydrogen) atoms. The zero-order valence-corrected chi connectivity index (χ0v) is 11.8. The highest BCUT2D eigenvalue weighted by Gasteiger charge is 2.14. The lowest BCUT2D eigenvalue weighted by atomic mass is 10.0. The molecule has 0 bridgehead atoms. The number of aromatic amines is 1. The largest absolute Gasteiger partial charge is 0.310 e.